The molecule has 0 spiro atoms. The molecule has 5 rings (SSSR count). The fraction of sp³-hybridized carbons (Fsp3) is 0.185. The first kappa shape index (κ1) is 27.8. The van der Waals surface area contributed by atoms with Gasteiger partial charge in [-0.25, -0.2) is 0 Å². The van der Waals surface area contributed by atoms with E-state index in [9.17, 15) is 19.7 Å². The third-order valence-electron chi connectivity index (χ3n) is 5.90. The number of hydrogen-bond acceptors (Lipinski definition) is 9. The zero-order chi connectivity index (χ0) is 28.4. The molecule has 0 unspecified atom stereocenters. The van der Waals surface area contributed by atoms with E-state index in [0.717, 1.165) is 22.2 Å². The number of carbonyl (C=O) groups is 2. The summed E-state index contributed by atoms with van der Waals surface area (Å²) in [5, 5.41) is 10.8. The Hall–Kier alpha value is -3.74. The fourth-order valence-corrected chi connectivity index (χ4v) is 5.61. The number of imide groups is 1. The molecule has 0 saturated carbocycles. The summed E-state index contributed by atoms with van der Waals surface area (Å²) in [6.45, 7) is 2.40. The third kappa shape index (κ3) is 5.88. The van der Waals surface area contributed by atoms with E-state index in [1.54, 1.807) is 42.5 Å². The Kier molecular flexibility index (Phi) is 8.19. The summed E-state index contributed by atoms with van der Waals surface area (Å²) < 4.78 is 23.0. The molecule has 0 N–H and O–H groups in total. The topological polar surface area (TPSA) is 117 Å². The largest absolute Gasteiger partial charge is 0.490 e. The van der Waals surface area contributed by atoms with Crippen LogP contribution in [0.5, 0.6) is 23.0 Å². The summed E-state index contributed by atoms with van der Waals surface area (Å²) in [6.07, 6.45) is 1.61. The molecule has 1 fully saturated rings. The predicted molar refractivity (Wildman–Crippen MR) is 152 cm³/mol. The van der Waals surface area contributed by atoms with Gasteiger partial charge in [0.25, 0.3) is 16.8 Å². The van der Waals surface area contributed by atoms with Crippen LogP contribution >= 0.6 is 39.3 Å². The summed E-state index contributed by atoms with van der Waals surface area (Å²) in [7, 11) is 0. The quantitative estimate of drug-likeness (QED) is 0.138. The molecule has 3 aromatic rings. The molecule has 2 amide bonds. The molecule has 2 aliphatic rings. The highest BCUT2D eigenvalue weighted by Gasteiger charge is 2.36. The first-order valence-corrected chi connectivity index (χ1v) is 13.9. The second-order valence-electron chi connectivity index (χ2n) is 8.54. The fourth-order valence-electron chi connectivity index (χ4n) is 3.98. The van der Waals surface area contributed by atoms with Crippen LogP contribution in [0.25, 0.3) is 6.08 Å². The van der Waals surface area contributed by atoms with Gasteiger partial charge in [-0.1, -0.05) is 11.6 Å². The zero-order valence-corrected chi connectivity index (χ0v) is 24.0. The van der Waals surface area contributed by atoms with Crippen molar-refractivity contribution >= 4 is 62.2 Å². The first-order valence-electron chi connectivity index (χ1n) is 11.9. The molecule has 206 valence electrons. The first-order chi connectivity index (χ1) is 19.2. The van der Waals surface area contributed by atoms with Crippen molar-refractivity contribution in [3.63, 3.8) is 0 Å². The number of rotatable bonds is 9. The number of fused-ring (bicyclic) bond motifs is 1. The molecule has 0 radical (unpaired) electrons. The van der Waals surface area contributed by atoms with Gasteiger partial charge in [0.2, 0.25) is 6.79 Å². The number of ether oxygens (including phenoxy) is 4. The minimum atomic E-state index is -0.464. The van der Waals surface area contributed by atoms with Crippen LogP contribution in [0, 0.1) is 10.1 Å². The van der Waals surface area contributed by atoms with Gasteiger partial charge in [-0.2, -0.15) is 0 Å². The number of benzene rings is 3. The molecule has 1 saturated heterocycles. The average molecular weight is 648 g/mol. The van der Waals surface area contributed by atoms with Crippen LogP contribution in [-0.4, -0.2) is 34.4 Å². The Morgan fingerprint density at radius 3 is 2.55 bits per heavy atom. The van der Waals surface area contributed by atoms with Crippen LogP contribution in [0.15, 0.2) is 57.9 Å². The summed E-state index contributed by atoms with van der Waals surface area (Å²) in [5.41, 5.74) is 1.91. The molecule has 0 aliphatic carbocycles. The SMILES string of the molecule is CCOc1cc(/C=C2\SC(=O)N(Cc3cc4c(cc3Cl)OCO4)C2=O)cc(Br)c1OCc1ccc([N+](=O)[O-])cc1. The van der Waals surface area contributed by atoms with Gasteiger partial charge in [-0.3, -0.25) is 24.6 Å². The number of amides is 2. The van der Waals surface area contributed by atoms with Gasteiger partial charge in [0.05, 0.1) is 27.5 Å². The van der Waals surface area contributed by atoms with Crippen molar-refractivity contribution in [3.05, 3.63) is 89.7 Å². The molecule has 0 aromatic heterocycles. The lowest BCUT2D eigenvalue weighted by molar-refractivity contribution is -0.384. The van der Waals surface area contributed by atoms with Gasteiger partial charge in [0.15, 0.2) is 23.0 Å². The van der Waals surface area contributed by atoms with E-state index >= 15 is 0 Å². The Labute approximate surface area is 246 Å². The number of nitro groups is 1. The van der Waals surface area contributed by atoms with Gasteiger partial charge in [0, 0.05) is 23.2 Å². The molecule has 0 bridgehead atoms. The van der Waals surface area contributed by atoms with E-state index in [2.05, 4.69) is 15.9 Å². The second kappa shape index (κ2) is 11.8. The Bertz CT molecular complexity index is 1550. The maximum absolute atomic E-state index is 13.2. The van der Waals surface area contributed by atoms with Crippen LogP contribution in [0.4, 0.5) is 10.5 Å². The van der Waals surface area contributed by atoms with Crippen molar-refractivity contribution < 1.29 is 33.5 Å². The molecule has 10 nitrogen and oxygen atoms in total. The number of non-ortho nitro benzene ring substituents is 1. The van der Waals surface area contributed by atoms with Crippen LogP contribution in [-0.2, 0) is 17.9 Å². The lowest BCUT2D eigenvalue weighted by Gasteiger charge is -2.15. The highest BCUT2D eigenvalue weighted by atomic mass is 79.9. The van der Waals surface area contributed by atoms with Crippen LogP contribution in [0.3, 0.4) is 0 Å². The minimum Gasteiger partial charge on any atom is -0.490 e. The molecule has 2 heterocycles. The molecule has 40 heavy (non-hydrogen) atoms. The van der Waals surface area contributed by atoms with Crippen LogP contribution in [0.2, 0.25) is 5.02 Å². The summed E-state index contributed by atoms with van der Waals surface area (Å²) in [5.74, 6) is 1.43. The Morgan fingerprint density at radius 1 is 1.12 bits per heavy atom. The molecule has 2 aliphatic heterocycles. The van der Waals surface area contributed by atoms with Gasteiger partial charge in [-0.05, 0) is 87.7 Å². The normalized spacial score (nSPS) is 15.2. The summed E-state index contributed by atoms with van der Waals surface area (Å²) in [4.78, 5) is 37.7. The lowest BCUT2D eigenvalue weighted by Crippen LogP contribution is -2.27. The van der Waals surface area contributed by atoms with E-state index in [1.807, 2.05) is 6.92 Å². The summed E-state index contributed by atoms with van der Waals surface area (Å²) in [6, 6.07) is 12.8. The smallest absolute Gasteiger partial charge is 0.293 e. The van der Waals surface area contributed by atoms with E-state index in [4.69, 9.17) is 30.5 Å². The highest BCUT2D eigenvalue weighted by molar-refractivity contribution is 9.10. The van der Waals surface area contributed by atoms with Gasteiger partial charge < -0.3 is 18.9 Å². The number of nitro benzene ring substituents is 1. The predicted octanol–water partition coefficient (Wildman–Crippen LogP) is 6.95. The second-order valence-corrected chi connectivity index (χ2v) is 10.8. The monoisotopic (exact) mass is 646 g/mol. The number of hydrogen-bond donors (Lipinski definition) is 0. The lowest BCUT2D eigenvalue weighted by atomic mass is 10.1. The molecular formula is C27H20BrClN2O8S. The number of nitrogens with zero attached hydrogens (tertiary/aromatic N) is 2. The third-order valence-corrected chi connectivity index (χ3v) is 7.75. The maximum Gasteiger partial charge on any atom is 0.293 e. The molecule has 13 heteroatoms. The molecule has 3 aromatic carbocycles. The van der Waals surface area contributed by atoms with Crippen LogP contribution in [0.1, 0.15) is 23.6 Å². The molecule has 0 atom stereocenters. The zero-order valence-electron chi connectivity index (χ0n) is 20.8. The number of halogens is 2. The Balaban J connectivity index is 1.34. The van der Waals surface area contributed by atoms with Gasteiger partial charge >= 0.3 is 0 Å². The van der Waals surface area contributed by atoms with E-state index in [-0.39, 0.29) is 30.5 Å². The van der Waals surface area contributed by atoms with E-state index in [0.29, 0.717) is 50.2 Å². The van der Waals surface area contributed by atoms with Crippen molar-refractivity contribution in [1.82, 2.24) is 4.90 Å². The number of thioether (sulfide) groups is 1. The maximum atomic E-state index is 13.2. The van der Waals surface area contributed by atoms with Gasteiger partial charge in [0.1, 0.15) is 6.61 Å². The minimum absolute atomic E-state index is 0.00677. The van der Waals surface area contributed by atoms with Crippen LogP contribution < -0.4 is 18.9 Å². The number of carbonyl (C=O) groups excluding carboxylic acids is 2. The van der Waals surface area contributed by atoms with Crippen molar-refractivity contribution in [1.29, 1.82) is 0 Å². The van der Waals surface area contributed by atoms with Crippen molar-refractivity contribution in [2.24, 2.45) is 0 Å². The Morgan fingerprint density at radius 2 is 1.85 bits per heavy atom. The van der Waals surface area contributed by atoms with Crippen molar-refractivity contribution in [2.45, 2.75) is 20.1 Å². The summed E-state index contributed by atoms with van der Waals surface area (Å²) >= 11 is 10.7. The van der Waals surface area contributed by atoms with Gasteiger partial charge in [-0.15, -0.1) is 0 Å². The van der Waals surface area contributed by atoms with E-state index < -0.39 is 16.1 Å². The molecular weight excluding hydrogens is 628 g/mol. The van der Waals surface area contributed by atoms with Crippen molar-refractivity contribution in [3.8, 4) is 23.0 Å². The average Bonchev–Trinajstić information content (AvgIpc) is 3.47. The standard InChI is InChI=1S/C27H20BrClN2O8S/c1-2-36-23-8-16(7-19(28)25(23)37-13-15-3-5-18(6-4-15)31(34)35)9-24-26(32)30(27(33)40-24)12-17-10-21-22(11-20(17)29)39-14-38-21/h3-11H,2,12-14H2,1H3/b24-9-. The van der Waals surface area contributed by atoms with E-state index in [1.165, 1.54) is 12.1 Å². The highest BCUT2D eigenvalue weighted by Crippen LogP contribution is 2.41. The van der Waals surface area contributed by atoms with Crippen molar-refractivity contribution in [2.75, 3.05) is 13.4 Å².